The molecule has 1 aliphatic rings. The second kappa shape index (κ2) is 3.58. The van der Waals surface area contributed by atoms with Gasteiger partial charge >= 0.3 is 0 Å². The summed E-state index contributed by atoms with van der Waals surface area (Å²) in [5.74, 6) is 0.476. The van der Waals surface area contributed by atoms with Crippen molar-refractivity contribution < 1.29 is 0 Å². The van der Waals surface area contributed by atoms with E-state index < -0.39 is 0 Å². The van der Waals surface area contributed by atoms with E-state index in [1.54, 1.807) is 0 Å². The maximum Gasteiger partial charge on any atom is 0.179 e. The van der Waals surface area contributed by atoms with Crippen LogP contribution in [-0.2, 0) is 7.05 Å². The van der Waals surface area contributed by atoms with Crippen molar-refractivity contribution in [1.29, 1.82) is 0 Å². The third-order valence-electron chi connectivity index (χ3n) is 2.75. The second-order valence-electron chi connectivity index (χ2n) is 3.69. The molecule has 1 atom stereocenters. The van der Waals surface area contributed by atoms with Gasteiger partial charge in [0.2, 0.25) is 0 Å². The van der Waals surface area contributed by atoms with Crippen LogP contribution in [0.1, 0.15) is 13.0 Å². The Morgan fingerprint density at radius 2 is 1.93 bits per heavy atom. The van der Waals surface area contributed by atoms with Crippen molar-refractivity contribution in [1.82, 2.24) is 9.13 Å². The first-order chi connectivity index (χ1) is 6.70. The summed E-state index contributed by atoms with van der Waals surface area (Å²) >= 11 is 5.32. The Morgan fingerprint density at radius 3 is 2.43 bits per heavy atom. The molecule has 0 amide bonds. The number of hydrogen-bond donors (Lipinski definition) is 0. The number of hydrogen-bond acceptors (Lipinski definition) is 1. The summed E-state index contributed by atoms with van der Waals surface area (Å²) in [5.41, 5.74) is 0. The van der Waals surface area contributed by atoms with Gasteiger partial charge in [0, 0.05) is 31.4 Å². The molecule has 1 heterocycles. The van der Waals surface area contributed by atoms with Crippen molar-refractivity contribution in [3.63, 3.8) is 0 Å². The van der Waals surface area contributed by atoms with Gasteiger partial charge in [-0.1, -0.05) is 24.3 Å². The number of rotatable bonds is 2. The quantitative estimate of drug-likeness (QED) is 0.676. The van der Waals surface area contributed by atoms with Crippen LogP contribution in [0.4, 0.5) is 0 Å². The lowest BCUT2D eigenvalue weighted by Gasteiger charge is -2.17. The van der Waals surface area contributed by atoms with E-state index in [0.717, 1.165) is 4.77 Å². The van der Waals surface area contributed by atoms with E-state index in [4.69, 9.17) is 12.2 Å². The molecular weight excluding hydrogens is 192 g/mol. The minimum Gasteiger partial charge on any atom is -0.327 e. The fourth-order valence-corrected chi connectivity index (χ4v) is 2.04. The van der Waals surface area contributed by atoms with Crippen molar-refractivity contribution >= 4 is 12.2 Å². The molecule has 0 spiro atoms. The van der Waals surface area contributed by atoms with Crippen LogP contribution in [0.2, 0.25) is 0 Å². The summed E-state index contributed by atoms with van der Waals surface area (Å²) in [6.07, 6.45) is 12.6. The Balaban J connectivity index is 2.31. The number of imidazole rings is 1. The van der Waals surface area contributed by atoms with Gasteiger partial charge in [-0.25, -0.2) is 0 Å². The number of nitrogens with zero attached hydrogens (tertiary/aromatic N) is 2. The Hall–Kier alpha value is -1.09. The van der Waals surface area contributed by atoms with Gasteiger partial charge in [-0.2, -0.15) is 0 Å². The minimum absolute atomic E-state index is 0.402. The van der Waals surface area contributed by atoms with Crippen molar-refractivity contribution in [3.8, 4) is 0 Å². The summed E-state index contributed by atoms with van der Waals surface area (Å²) in [6.45, 7) is 2.19. The van der Waals surface area contributed by atoms with E-state index in [1.165, 1.54) is 0 Å². The topological polar surface area (TPSA) is 9.86 Å². The Bertz CT molecular complexity index is 424. The SMILES string of the molecule is CC(C1C=CC=C1)n1ccn(C)c1=S. The molecule has 0 N–H and O–H groups in total. The fourth-order valence-electron chi connectivity index (χ4n) is 1.75. The van der Waals surface area contributed by atoms with Gasteiger partial charge in [0.05, 0.1) is 0 Å². The number of aromatic nitrogens is 2. The molecule has 1 aliphatic carbocycles. The van der Waals surface area contributed by atoms with Crippen molar-refractivity contribution in [2.24, 2.45) is 13.0 Å². The molecule has 74 valence electrons. The predicted octanol–water partition coefficient (Wildman–Crippen LogP) is 2.86. The lowest BCUT2D eigenvalue weighted by Crippen LogP contribution is -2.12. The highest BCUT2D eigenvalue weighted by atomic mass is 32.1. The van der Waals surface area contributed by atoms with Gasteiger partial charge < -0.3 is 9.13 Å². The van der Waals surface area contributed by atoms with Crippen molar-refractivity contribution in [2.75, 3.05) is 0 Å². The molecule has 2 nitrogen and oxygen atoms in total. The van der Waals surface area contributed by atoms with Gasteiger partial charge in [0.25, 0.3) is 0 Å². The van der Waals surface area contributed by atoms with Crippen LogP contribution in [0.25, 0.3) is 0 Å². The summed E-state index contributed by atoms with van der Waals surface area (Å²) < 4.78 is 4.99. The molecule has 1 unspecified atom stereocenters. The Morgan fingerprint density at radius 1 is 1.29 bits per heavy atom. The molecule has 0 bridgehead atoms. The third-order valence-corrected chi connectivity index (χ3v) is 3.25. The molecule has 0 aromatic carbocycles. The highest BCUT2D eigenvalue weighted by molar-refractivity contribution is 7.71. The predicted molar refractivity (Wildman–Crippen MR) is 60.7 cm³/mol. The van der Waals surface area contributed by atoms with Crippen LogP contribution in [0.3, 0.4) is 0 Å². The van der Waals surface area contributed by atoms with Crippen molar-refractivity contribution in [2.45, 2.75) is 13.0 Å². The maximum absolute atomic E-state index is 5.32. The van der Waals surface area contributed by atoms with Gasteiger partial charge in [-0.15, -0.1) is 0 Å². The largest absolute Gasteiger partial charge is 0.327 e. The van der Waals surface area contributed by atoms with E-state index in [0.29, 0.717) is 12.0 Å². The molecule has 2 rings (SSSR count). The second-order valence-corrected chi connectivity index (χ2v) is 4.05. The average molecular weight is 206 g/mol. The lowest BCUT2D eigenvalue weighted by atomic mass is 10.0. The summed E-state index contributed by atoms with van der Waals surface area (Å²) in [5, 5.41) is 0. The minimum atomic E-state index is 0.402. The molecule has 1 aromatic heterocycles. The first-order valence-corrected chi connectivity index (χ1v) is 5.19. The smallest absolute Gasteiger partial charge is 0.179 e. The zero-order chi connectivity index (χ0) is 10.1. The van der Waals surface area contributed by atoms with E-state index in [9.17, 15) is 0 Å². The van der Waals surface area contributed by atoms with Gasteiger partial charge in [0.15, 0.2) is 4.77 Å². The average Bonchev–Trinajstić information content (AvgIpc) is 2.77. The molecule has 1 aromatic rings. The molecule has 0 radical (unpaired) electrons. The van der Waals surface area contributed by atoms with Gasteiger partial charge in [0.1, 0.15) is 0 Å². The number of aryl methyl sites for hydroxylation is 1. The third kappa shape index (κ3) is 1.48. The highest BCUT2D eigenvalue weighted by Crippen LogP contribution is 2.24. The zero-order valence-corrected chi connectivity index (χ0v) is 9.24. The molecular formula is C11H14N2S. The molecule has 14 heavy (non-hydrogen) atoms. The van der Waals surface area contributed by atoms with Crippen LogP contribution in [0.15, 0.2) is 36.7 Å². The number of allylic oxidation sites excluding steroid dienone is 4. The molecule has 0 fully saturated rings. The highest BCUT2D eigenvalue weighted by Gasteiger charge is 2.15. The molecule has 0 saturated heterocycles. The molecule has 0 saturated carbocycles. The summed E-state index contributed by atoms with van der Waals surface area (Å²) in [6, 6.07) is 0.402. The first kappa shape index (κ1) is 9.46. The summed E-state index contributed by atoms with van der Waals surface area (Å²) in [4.78, 5) is 0. The Labute approximate surface area is 89.2 Å². The fraction of sp³-hybridized carbons (Fsp3) is 0.364. The molecule has 0 aliphatic heterocycles. The van der Waals surface area contributed by atoms with Crippen LogP contribution in [-0.4, -0.2) is 9.13 Å². The van der Waals surface area contributed by atoms with E-state index in [1.807, 2.05) is 24.0 Å². The first-order valence-electron chi connectivity index (χ1n) is 4.78. The van der Waals surface area contributed by atoms with E-state index >= 15 is 0 Å². The molecule has 3 heteroatoms. The normalized spacial score (nSPS) is 17.9. The van der Waals surface area contributed by atoms with Crippen LogP contribution < -0.4 is 0 Å². The van der Waals surface area contributed by atoms with Crippen LogP contribution in [0.5, 0.6) is 0 Å². The monoisotopic (exact) mass is 206 g/mol. The van der Waals surface area contributed by atoms with Crippen molar-refractivity contribution in [3.05, 3.63) is 41.5 Å². The zero-order valence-electron chi connectivity index (χ0n) is 8.42. The van der Waals surface area contributed by atoms with Gasteiger partial charge in [-0.3, -0.25) is 0 Å². The lowest BCUT2D eigenvalue weighted by molar-refractivity contribution is 0.470. The Kier molecular flexibility index (Phi) is 2.42. The standard InChI is InChI=1S/C11H14N2S/c1-9(10-5-3-4-6-10)13-8-7-12(2)11(13)14/h3-10H,1-2H3. The summed E-state index contributed by atoms with van der Waals surface area (Å²) in [7, 11) is 1.98. The van der Waals surface area contributed by atoms with Gasteiger partial charge in [-0.05, 0) is 19.1 Å². The van der Waals surface area contributed by atoms with Crippen LogP contribution >= 0.6 is 12.2 Å². The maximum atomic E-state index is 5.32. The van der Waals surface area contributed by atoms with Crippen LogP contribution in [0, 0.1) is 10.7 Å². The van der Waals surface area contributed by atoms with E-state index in [-0.39, 0.29) is 0 Å². The van der Waals surface area contributed by atoms with E-state index in [2.05, 4.69) is 35.8 Å².